The molecule has 0 spiro atoms. The normalized spacial score (nSPS) is 8.75. The summed E-state index contributed by atoms with van der Waals surface area (Å²) in [6, 6.07) is 6.64. The Bertz CT molecular complexity index is 356. The van der Waals surface area contributed by atoms with Gasteiger partial charge in [0, 0.05) is 10.0 Å². The van der Waals surface area contributed by atoms with Crippen LogP contribution in [0.3, 0.4) is 0 Å². The first-order valence-electron chi connectivity index (χ1n) is 3.12. The minimum atomic E-state index is -0.578. The molecule has 12 heavy (non-hydrogen) atoms. The Kier molecular flexibility index (Phi) is 2.91. The maximum atomic E-state index is 10.9. The zero-order valence-electron chi connectivity index (χ0n) is 5.95. The van der Waals surface area contributed by atoms with Crippen molar-refractivity contribution in [2.45, 2.75) is 0 Å². The van der Waals surface area contributed by atoms with Crippen molar-refractivity contribution in [1.82, 2.24) is 0 Å². The van der Waals surface area contributed by atoms with Gasteiger partial charge in [0.05, 0.1) is 0 Å². The average Bonchev–Trinajstić information content (AvgIpc) is 2.05. The van der Waals surface area contributed by atoms with E-state index in [4.69, 9.17) is 0 Å². The topological polar surface area (TPSA) is 46.5 Å². The molecule has 0 saturated carbocycles. The van der Waals surface area contributed by atoms with Gasteiger partial charge in [0.25, 0.3) is 5.91 Å². The van der Waals surface area contributed by atoms with Crippen molar-refractivity contribution in [2.75, 3.05) is 0 Å². The van der Waals surface area contributed by atoms with Gasteiger partial charge in [-0.2, -0.15) is 0 Å². The summed E-state index contributed by atoms with van der Waals surface area (Å²) in [7, 11) is 0. The summed E-state index contributed by atoms with van der Waals surface area (Å²) in [5, 5.41) is 0. The SMILES string of the molecule is O=C=NC(=O)c1cccc(Br)c1. The van der Waals surface area contributed by atoms with Crippen LogP contribution in [0.25, 0.3) is 0 Å². The number of benzene rings is 1. The molecule has 0 heterocycles. The van der Waals surface area contributed by atoms with Gasteiger partial charge in [0.2, 0.25) is 6.08 Å². The summed E-state index contributed by atoms with van der Waals surface area (Å²) in [5.41, 5.74) is 0.368. The molecule has 1 aromatic rings. The molecule has 0 unspecified atom stereocenters. The molecule has 0 saturated heterocycles. The highest BCUT2D eigenvalue weighted by atomic mass is 79.9. The van der Waals surface area contributed by atoms with E-state index in [1.54, 1.807) is 24.3 Å². The Morgan fingerprint density at radius 3 is 2.83 bits per heavy atom. The quantitative estimate of drug-likeness (QED) is 0.542. The summed E-state index contributed by atoms with van der Waals surface area (Å²) in [6.07, 6.45) is 1.20. The fourth-order valence-electron chi connectivity index (χ4n) is 0.728. The van der Waals surface area contributed by atoms with Crippen molar-refractivity contribution in [1.29, 1.82) is 0 Å². The fourth-order valence-corrected chi connectivity index (χ4v) is 1.13. The van der Waals surface area contributed by atoms with Crippen LogP contribution in [0.4, 0.5) is 0 Å². The zero-order chi connectivity index (χ0) is 8.97. The number of nitrogens with zero attached hydrogens (tertiary/aromatic N) is 1. The molecule has 0 fully saturated rings. The predicted octanol–water partition coefficient (Wildman–Crippen LogP) is 1.93. The maximum Gasteiger partial charge on any atom is 0.287 e. The van der Waals surface area contributed by atoms with Crippen molar-refractivity contribution in [3.63, 3.8) is 0 Å². The Morgan fingerprint density at radius 2 is 2.25 bits per heavy atom. The molecular weight excluding hydrogens is 222 g/mol. The second-order valence-electron chi connectivity index (χ2n) is 2.02. The van der Waals surface area contributed by atoms with Crippen molar-refractivity contribution in [2.24, 2.45) is 4.99 Å². The summed E-state index contributed by atoms with van der Waals surface area (Å²) >= 11 is 3.19. The van der Waals surface area contributed by atoms with Gasteiger partial charge in [-0.05, 0) is 18.2 Å². The monoisotopic (exact) mass is 225 g/mol. The van der Waals surface area contributed by atoms with Gasteiger partial charge in [-0.25, -0.2) is 4.79 Å². The van der Waals surface area contributed by atoms with Crippen LogP contribution in [0, 0.1) is 0 Å². The predicted molar refractivity (Wildman–Crippen MR) is 46.6 cm³/mol. The van der Waals surface area contributed by atoms with E-state index in [0.717, 1.165) is 4.47 Å². The molecule has 1 rings (SSSR count). The van der Waals surface area contributed by atoms with Gasteiger partial charge in [0.1, 0.15) is 0 Å². The van der Waals surface area contributed by atoms with Gasteiger partial charge in [-0.15, -0.1) is 4.99 Å². The maximum absolute atomic E-state index is 10.9. The first-order chi connectivity index (χ1) is 5.74. The highest BCUT2D eigenvalue weighted by molar-refractivity contribution is 9.10. The van der Waals surface area contributed by atoms with Crippen LogP contribution in [-0.4, -0.2) is 12.0 Å². The second kappa shape index (κ2) is 3.95. The van der Waals surface area contributed by atoms with E-state index in [9.17, 15) is 9.59 Å². The Balaban J connectivity index is 3.03. The lowest BCUT2D eigenvalue weighted by atomic mass is 10.2. The third kappa shape index (κ3) is 2.12. The van der Waals surface area contributed by atoms with Crippen LogP contribution >= 0.6 is 15.9 Å². The van der Waals surface area contributed by atoms with Crippen LogP contribution in [0.2, 0.25) is 0 Å². The summed E-state index contributed by atoms with van der Waals surface area (Å²) in [6.45, 7) is 0. The molecular formula is C8H4BrNO2. The third-order valence-electron chi connectivity index (χ3n) is 1.22. The Morgan fingerprint density at radius 1 is 1.50 bits per heavy atom. The Hall–Kier alpha value is -1.25. The molecule has 0 aliphatic rings. The molecule has 0 aliphatic carbocycles. The molecule has 3 nitrogen and oxygen atoms in total. The minimum absolute atomic E-state index is 0.368. The van der Waals surface area contributed by atoms with E-state index < -0.39 is 5.91 Å². The van der Waals surface area contributed by atoms with Crippen LogP contribution in [0.1, 0.15) is 10.4 Å². The second-order valence-corrected chi connectivity index (χ2v) is 2.93. The standard InChI is InChI=1S/C8H4BrNO2/c9-7-3-1-2-6(4-7)8(12)10-5-11/h1-4H. The first-order valence-corrected chi connectivity index (χ1v) is 3.91. The van der Waals surface area contributed by atoms with E-state index in [-0.39, 0.29) is 0 Å². The number of hydrogen-bond acceptors (Lipinski definition) is 2. The van der Waals surface area contributed by atoms with E-state index >= 15 is 0 Å². The molecule has 4 heteroatoms. The molecule has 0 atom stereocenters. The highest BCUT2D eigenvalue weighted by Gasteiger charge is 2.02. The van der Waals surface area contributed by atoms with E-state index in [1.165, 1.54) is 6.08 Å². The largest absolute Gasteiger partial charge is 0.287 e. The Labute approximate surface area is 77.2 Å². The number of isocyanates is 1. The third-order valence-corrected chi connectivity index (χ3v) is 1.71. The number of hydrogen-bond donors (Lipinski definition) is 0. The van der Waals surface area contributed by atoms with E-state index in [0.29, 0.717) is 5.56 Å². The average molecular weight is 226 g/mol. The van der Waals surface area contributed by atoms with Crippen LogP contribution in [-0.2, 0) is 4.79 Å². The van der Waals surface area contributed by atoms with Crippen molar-refractivity contribution in [3.05, 3.63) is 34.3 Å². The molecule has 0 aromatic heterocycles. The summed E-state index contributed by atoms with van der Waals surface area (Å²) in [5.74, 6) is -0.578. The molecule has 0 bridgehead atoms. The summed E-state index contributed by atoms with van der Waals surface area (Å²) in [4.78, 5) is 23.7. The number of carbonyl (C=O) groups is 1. The van der Waals surface area contributed by atoms with E-state index in [2.05, 4.69) is 20.9 Å². The van der Waals surface area contributed by atoms with Gasteiger partial charge in [0.15, 0.2) is 0 Å². The fraction of sp³-hybridized carbons (Fsp3) is 0. The number of halogens is 1. The van der Waals surface area contributed by atoms with Gasteiger partial charge < -0.3 is 0 Å². The van der Waals surface area contributed by atoms with Gasteiger partial charge in [-0.1, -0.05) is 22.0 Å². The highest BCUT2D eigenvalue weighted by Crippen LogP contribution is 2.11. The molecule has 1 amide bonds. The minimum Gasteiger partial charge on any atom is -0.266 e. The molecule has 0 aliphatic heterocycles. The van der Waals surface area contributed by atoms with Gasteiger partial charge >= 0.3 is 0 Å². The zero-order valence-corrected chi connectivity index (χ0v) is 7.54. The first kappa shape index (κ1) is 8.84. The smallest absolute Gasteiger partial charge is 0.266 e. The van der Waals surface area contributed by atoms with Crippen LogP contribution in [0.15, 0.2) is 33.7 Å². The summed E-state index contributed by atoms with van der Waals surface area (Å²) < 4.78 is 0.773. The molecule has 0 radical (unpaired) electrons. The van der Waals surface area contributed by atoms with Gasteiger partial charge in [-0.3, -0.25) is 4.79 Å². The van der Waals surface area contributed by atoms with E-state index in [1.807, 2.05) is 0 Å². The molecule has 1 aromatic carbocycles. The lowest BCUT2D eigenvalue weighted by Crippen LogP contribution is -1.92. The number of carbonyl (C=O) groups excluding carboxylic acids is 2. The van der Waals surface area contributed by atoms with Crippen molar-refractivity contribution < 1.29 is 9.59 Å². The number of rotatable bonds is 1. The van der Waals surface area contributed by atoms with Crippen LogP contribution in [0.5, 0.6) is 0 Å². The van der Waals surface area contributed by atoms with Crippen molar-refractivity contribution in [3.8, 4) is 0 Å². The van der Waals surface area contributed by atoms with Crippen LogP contribution < -0.4 is 0 Å². The lowest BCUT2D eigenvalue weighted by Gasteiger charge is -1.92. The molecule has 0 N–H and O–H groups in total. The number of amides is 1. The molecule has 60 valence electrons. The van der Waals surface area contributed by atoms with Crippen molar-refractivity contribution >= 4 is 27.9 Å². The lowest BCUT2D eigenvalue weighted by molar-refractivity contribution is 0.100. The number of aliphatic imine (C=N–C) groups is 1.